The van der Waals surface area contributed by atoms with Gasteiger partial charge >= 0.3 is 0 Å². The fraction of sp³-hybridized carbons (Fsp3) is 0.235. The highest BCUT2D eigenvalue weighted by atomic mass is 32.1. The zero-order chi connectivity index (χ0) is 17.2. The van der Waals surface area contributed by atoms with Crippen molar-refractivity contribution < 1.29 is 13.7 Å². The van der Waals surface area contributed by atoms with Crippen molar-refractivity contribution in [2.75, 3.05) is 25.0 Å². The number of halogens is 1. The van der Waals surface area contributed by atoms with E-state index in [0.717, 1.165) is 4.88 Å². The van der Waals surface area contributed by atoms with E-state index in [1.165, 1.54) is 24.3 Å². The predicted octanol–water partition coefficient (Wildman–Crippen LogP) is 2.98. The van der Waals surface area contributed by atoms with E-state index >= 15 is 0 Å². The molecule has 25 heavy (non-hydrogen) atoms. The quantitative estimate of drug-likeness (QED) is 0.759. The highest BCUT2D eigenvalue weighted by Gasteiger charge is 2.33. The first-order valence-corrected chi connectivity index (χ1v) is 8.70. The van der Waals surface area contributed by atoms with Crippen molar-refractivity contribution in [3.8, 4) is 10.7 Å². The largest absolute Gasteiger partial charge is 0.339 e. The van der Waals surface area contributed by atoms with Gasteiger partial charge in [0.1, 0.15) is 5.82 Å². The van der Waals surface area contributed by atoms with E-state index < -0.39 is 0 Å². The Morgan fingerprint density at radius 3 is 2.84 bits per heavy atom. The normalized spacial score (nSPS) is 15.1. The van der Waals surface area contributed by atoms with Crippen molar-refractivity contribution >= 4 is 22.9 Å². The second-order valence-corrected chi connectivity index (χ2v) is 6.83. The predicted molar refractivity (Wildman–Crippen MR) is 91.8 cm³/mol. The van der Waals surface area contributed by atoms with Crippen LogP contribution in [-0.2, 0) is 4.79 Å². The minimum atomic E-state index is -0.329. The number of hydrogen-bond donors (Lipinski definition) is 1. The molecule has 0 spiro atoms. The molecule has 0 unspecified atom stereocenters. The van der Waals surface area contributed by atoms with Gasteiger partial charge in [-0.2, -0.15) is 4.98 Å². The Bertz CT molecular complexity index is 857. The monoisotopic (exact) mass is 358 g/mol. The van der Waals surface area contributed by atoms with Crippen molar-refractivity contribution in [3.05, 3.63) is 53.5 Å². The lowest BCUT2D eigenvalue weighted by atomic mass is 10.0. The number of aromatic nitrogens is 2. The van der Waals surface area contributed by atoms with Crippen LogP contribution < -0.4 is 5.32 Å². The van der Waals surface area contributed by atoms with Gasteiger partial charge in [0.05, 0.1) is 17.3 Å². The van der Waals surface area contributed by atoms with Gasteiger partial charge in [0.15, 0.2) is 0 Å². The minimum absolute atomic E-state index is 0.130. The fourth-order valence-corrected chi connectivity index (χ4v) is 3.35. The summed E-state index contributed by atoms with van der Waals surface area (Å²) in [6, 6.07) is 9.60. The molecule has 2 aromatic heterocycles. The van der Waals surface area contributed by atoms with Gasteiger partial charge in [-0.25, -0.2) is 4.39 Å². The van der Waals surface area contributed by atoms with Gasteiger partial charge in [0.25, 0.3) is 0 Å². The van der Waals surface area contributed by atoms with Crippen molar-refractivity contribution in [2.24, 2.45) is 0 Å². The minimum Gasteiger partial charge on any atom is -0.339 e. The van der Waals surface area contributed by atoms with Crippen LogP contribution in [0.25, 0.3) is 10.7 Å². The molecule has 4 rings (SSSR count). The maximum atomic E-state index is 12.9. The Labute approximate surface area is 147 Å². The number of carbonyl (C=O) groups excluding carboxylic acids is 1. The van der Waals surface area contributed by atoms with Crippen molar-refractivity contribution in [1.29, 1.82) is 0 Å². The molecule has 0 atom stereocenters. The van der Waals surface area contributed by atoms with Crippen LogP contribution in [0.1, 0.15) is 11.8 Å². The Morgan fingerprint density at radius 2 is 2.12 bits per heavy atom. The lowest BCUT2D eigenvalue weighted by molar-refractivity contribution is -0.118. The summed E-state index contributed by atoms with van der Waals surface area (Å²) in [5.74, 6) is 0.913. The first-order chi connectivity index (χ1) is 12.2. The number of benzene rings is 1. The van der Waals surface area contributed by atoms with Crippen LogP contribution in [0.2, 0.25) is 0 Å². The number of carbonyl (C=O) groups is 1. The molecule has 0 aliphatic carbocycles. The van der Waals surface area contributed by atoms with E-state index in [2.05, 4.69) is 15.5 Å². The van der Waals surface area contributed by atoms with E-state index in [1.54, 1.807) is 11.3 Å². The highest BCUT2D eigenvalue weighted by Crippen LogP contribution is 2.28. The Hall–Kier alpha value is -2.58. The lowest BCUT2D eigenvalue weighted by Crippen LogP contribution is -2.48. The van der Waals surface area contributed by atoms with Gasteiger partial charge in [-0.05, 0) is 35.7 Å². The topological polar surface area (TPSA) is 71.3 Å². The average molecular weight is 358 g/mol. The zero-order valence-corrected chi connectivity index (χ0v) is 14.0. The van der Waals surface area contributed by atoms with Crippen molar-refractivity contribution in [2.45, 2.75) is 5.92 Å². The molecule has 1 aliphatic heterocycles. The SMILES string of the molecule is O=C(CN1CC(c2nc(-c3cccs3)no2)C1)Nc1ccc(F)cc1. The number of thiophene rings is 1. The van der Waals surface area contributed by atoms with E-state index in [0.29, 0.717) is 30.5 Å². The van der Waals surface area contributed by atoms with Crippen LogP contribution in [0.4, 0.5) is 10.1 Å². The van der Waals surface area contributed by atoms with Gasteiger partial charge in [0, 0.05) is 18.8 Å². The lowest BCUT2D eigenvalue weighted by Gasteiger charge is -2.36. The molecule has 0 radical (unpaired) electrons. The maximum absolute atomic E-state index is 12.9. The second kappa shape index (κ2) is 6.73. The molecule has 0 saturated carbocycles. The van der Waals surface area contributed by atoms with E-state index in [9.17, 15) is 9.18 Å². The smallest absolute Gasteiger partial charge is 0.238 e. The van der Waals surface area contributed by atoms with Crippen LogP contribution in [0.5, 0.6) is 0 Å². The number of nitrogens with zero attached hydrogens (tertiary/aromatic N) is 3. The average Bonchev–Trinajstić information content (AvgIpc) is 3.23. The molecule has 6 nitrogen and oxygen atoms in total. The van der Waals surface area contributed by atoms with Crippen LogP contribution in [0.3, 0.4) is 0 Å². The molecular weight excluding hydrogens is 343 g/mol. The molecule has 8 heteroatoms. The van der Waals surface area contributed by atoms with Crippen LogP contribution in [0, 0.1) is 5.82 Å². The molecule has 1 aliphatic rings. The molecule has 1 saturated heterocycles. The number of likely N-dealkylation sites (tertiary alicyclic amines) is 1. The third-order valence-corrected chi connectivity index (χ3v) is 4.85. The number of hydrogen-bond acceptors (Lipinski definition) is 6. The number of anilines is 1. The molecule has 0 bridgehead atoms. The molecular formula is C17H15FN4O2S. The number of rotatable bonds is 5. The summed E-state index contributed by atoms with van der Waals surface area (Å²) in [4.78, 5) is 19.4. The van der Waals surface area contributed by atoms with Gasteiger partial charge in [-0.1, -0.05) is 11.2 Å². The molecule has 3 aromatic rings. The Kier molecular flexibility index (Phi) is 4.29. The summed E-state index contributed by atoms with van der Waals surface area (Å²) >= 11 is 1.57. The van der Waals surface area contributed by atoms with Crippen LogP contribution >= 0.6 is 11.3 Å². The first-order valence-electron chi connectivity index (χ1n) is 7.82. The van der Waals surface area contributed by atoms with E-state index in [-0.39, 0.29) is 24.2 Å². The van der Waals surface area contributed by atoms with Gasteiger partial charge < -0.3 is 9.84 Å². The van der Waals surface area contributed by atoms with Crippen LogP contribution in [-0.4, -0.2) is 40.6 Å². The summed E-state index contributed by atoms with van der Waals surface area (Å²) in [5, 5.41) is 8.72. The molecule has 3 heterocycles. The van der Waals surface area contributed by atoms with E-state index in [4.69, 9.17) is 4.52 Å². The second-order valence-electron chi connectivity index (χ2n) is 5.88. The Morgan fingerprint density at radius 1 is 1.32 bits per heavy atom. The molecule has 1 fully saturated rings. The summed E-state index contributed by atoms with van der Waals surface area (Å²) in [7, 11) is 0. The van der Waals surface area contributed by atoms with Gasteiger partial charge in [0.2, 0.25) is 17.6 Å². The molecule has 1 aromatic carbocycles. The van der Waals surface area contributed by atoms with Gasteiger partial charge in [-0.3, -0.25) is 9.69 Å². The van der Waals surface area contributed by atoms with E-state index in [1.807, 2.05) is 22.4 Å². The maximum Gasteiger partial charge on any atom is 0.238 e. The molecule has 128 valence electrons. The van der Waals surface area contributed by atoms with Gasteiger partial charge in [-0.15, -0.1) is 11.3 Å². The standard InChI is InChI=1S/C17H15FN4O2S/c18-12-3-5-13(6-4-12)19-15(23)10-22-8-11(9-22)17-20-16(21-24-17)14-2-1-7-25-14/h1-7,11H,8-10H2,(H,19,23). The molecule has 1 N–H and O–H groups in total. The summed E-state index contributed by atoms with van der Waals surface area (Å²) < 4.78 is 18.2. The summed E-state index contributed by atoms with van der Waals surface area (Å²) in [5.41, 5.74) is 0.584. The number of nitrogens with one attached hydrogen (secondary N) is 1. The van der Waals surface area contributed by atoms with Crippen molar-refractivity contribution in [3.63, 3.8) is 0 Å². The van der Waals surface area contributed by atoms with Crippen LogP contribution in [0.15, 0.2) is 46.3 Å². The molecule has 1 amide bonds. The highest BCUT2D eigenvalue weighted by molar-refractivity contribution is 7.13. The third kappa shape index (κ3) is 3.59. The zero-order valence-electron chi connectivity index (χ0n) is 13.2. The Balaban J connectivity index is 1.27. The summed E-state index contributed by atoms with van der Waals surface area (Å²) in [6.45, 7) is 1.67. The first kappa shape index (κ1) is 15.9. The van der Waals surface area contributed by atoms with Crippen molar-refractivity contribution in [1.82, 2.24) is 15.0 Å². The third-order valence-electron chi connectivity index (χ3n) is 3.98. The summed E-state index contributed by atoms with van der Waals surface area (Å²) in [6.07, 6.45) is 0. The number of amides is 1. The fourth-order valence-electron chi connectivity index (χ4n) is 2.70.